The van der Waals surface area contributed by atoms with Gasteiger partial charge in [-0.2, -0.15) is 5.10 Å². The maximum Gasteiger partial charge on any atom is 0.205 e. The number of benzene rings is 1. The largest absolute Gasteiger partial charge is 0.261 e. The molecule has 0 radical (unpaired) electrons. The first kappa shape index (κ1) is 12.7. The van der Waals surface area contributed by atoms with Gasteiger partial charge in [-0.05, 0) is 26.0 Å². The second-order valence-corrected chi connectivity index (χ2v) is 4.73. The van der Waals surface area contributed by atoms with Crippen molar-refractivity contribution in [3.63, 3.8) is 0 Å². The Labute approximate surface area is 109 Å². The van der Waals surface area contributed by atoms with Gasteiger partial charge in [0.2, 0.25) is 4.80 Å². The molecular formula is C13H14FN3S. The van der Waals surface area contributed by atoms with E-state index in [0.29, 0.717) is 0 Å². The van der Waals surface area contributed by atoms with Crippen LogP contribution in [0.1, 0.15) is 18.2 Å². The highest BCUT2D eigenvalue weighted by Gasteiger charge is 2.02. The molecule has 5 heteroatoms. The van der Waals surface area contributed by atoms with E-state index in [2.05, 4.69) is 10.1 Å². The summed E-state index contributed by atoms with van der Waals surface area (Å²) in [6.45, 7) is 3.83. The lowest BCUT2D eigenvalue weighted by Crippen LogP contribution is -2.13. The molecule has 0 bridgehead atoms. The number of aryl methyl sites for hydroxylation is 1. The predicted octanol–water partition coefficient (Wildman–Crippen LogP) is 2.80. The second kappa shape index (κ2) is 5.27. The fourth-order valence-electron chi connectivity index (χ4n) is 1.58. The van der Waals surface area contributed by atoms with E-state index in [1.807, 2.05) is 25.3 Å². The van der Waals surface area contributed by atoms with Crippen molar-refractivity contribution in [2.75, 3.05) is 7.05 Å². The average molecular weight is 263 g/mol. The van der Waals surface area contributed by atoms with Crippen LogP contribution in [0, 0.1) is 12.7 Å². The molecule has 0 fully saturated rings. The fourth-order valence-corrected chi connectivity index (χ4v) is 2.34. The quantitative estimate of drug-likeness (QED) is 0.746. The summed E-state index contributed by atoms with van der Waals surface area (Å²) in [6.07, 6.45) is 0. The summed E-state index contributed by atoms with van der Waals surface area (Å²) in [5, 5.41) is 6.47. The summed E-state index contributed by atoms with van der Waals surface area (Å²) in [5.74, 6) is -0.255. The molecule has 94 valence electrons. The van der Waals surface area contributed by atoms with Gasteiger partial charge in [0.05, 0.1) is 11.4 Å². The van der Waals surface area contributed by atoms with E-state index >= 15 is 0 Å². The van der Waals surface area contributed by atoms with Crippen molar-refractivity contribution in [1.82, 2.24) is 4.68 Å². The molecular weight excluding hydrogens is 249 g/mol. The maximum absolute atomic E-state index is 13.2. The minimum Gasteiger partial charge on any atom is -0.261 e. The highest BCUT2D eigenvalue weighted by atomic mass is 32.1. The van der Waals surface area contributed by atoms with Crippen LogP contribution in [0.4, 0.5) is 4.39 Å². The lowest BCUT2D eigenvalue weighted by Gasteiger charge is -2.03. The molecule has 1 aromatic heterocycles. The maximum atomic E-state index is 13.2. The molecule has 18 heavy (non-hydrogen) atoms. The van der Waals surface area contributed by atoms with Gasteiger partial charge in [-0.3, -0.25) is 4.99 Å². The zero-order valence-electron chi connectivity index (χ0n) is 10.5. The average Bonchev–Trinajstić information content (AvgIpc) is 2.70. The number of aromatic nitrogens is 1. The van der Waals surface area contributed by atoms with Crippen molar-refractivity contribution in [2.45, 2.75) is 13.8 Å². The zero-order chi connectivity index (χ0) is 13.1. The van der Waals surface area contributed by atoms with E-state index in [1.165, 1.54) is 23.5 Å². The monoisotopic (exact) mass is 263 g/mol. The van der Waals surface area contributed by atoms with Gasteiger partial charge in [-0.1, -0.05) is 12.1 Å². The number of hydrogen-bond donors (Lipinski definition) is 0. The van der Waals surface area contributed by atoms with Crippen LogP contribution in [-0.2, 0) is 0 Å². The number of thiazole rings is 1. The van der Waals surface area contributed by atoms with E-state index in [-0.39, 0.29) is 5.82 Å². The third-order valence-electron chi connectivity index (χ3n) is 2.53. The number of halogens is 1. The van der Waals surface area contributed by atoms with Gasteiger partial charge in [0.1, 0.15) is 5.82 Å². The molecule has 0 saturated heterocycles. The Hall–Kier alpha value is -1.75. The number of hydrogen-bond acceptors (Lipinski definition) is 3. The lowest BCUT2D eigenvalue weighted by atomic mass is 10.1. The summed E-state index contributed by atoms with van der Waals surface area (Å²) in [6, 6.07) is 6.42. The molecule has 0 atom stereocenters. The molecule has 1 aromatic carbocycles. The van der Waals surface area contributed by atoms with Gasteiger partial charge in [0.15, 0.2) is 0 Å². The molecule has 0 unspecified atom stereocenters. The Balaban J connectivity index is 2.48. The van der Waals surface area contributed by atoms with Crippen LogP contribution < -0.4 is 4.80 Å². The topological polar surface area (TPSA) is 29.6 Å². The predicted molar refractivity (Wildman–Crippen MR) is 72.5 cm³/mol. The van der Waals surface area contributed by atoms with Gasteiger partial charge in [0, 0.05) is 18.0 Å². The molecule has 2 rings (SSSR count). The normalized spacial score (nSPS) is 13.1. The van der Waals surface area contributed by atoms with Gasteiger partial charge in [-0.25, -0.2) is 9.07 Å². The Morgan fingerprint density at radius 2 is 2.17 bits per heavy atom. The third-order valence-corrected chi connectivity index (χ3v) is 3.56. The smallest absolute Gasteiger partial charge is 0.205 e. The van der Waals surface area contributed by atoms with E-state index in [9.17, 15) is 4.39 Å². The van der Waals surface area contributed by atoms with Crippen molar-refractivity contribution in [2.24, 2.45) is 10.1 Å². The lowest BCUT2D eigenvalue weighted by molar-refractivity contribution is 0.627. The molecule has 0 spiro atoms. The molecule has 0 aliphatic carbocycles. The Morgan fingerprint density at radius 3 is 2.83 bits per heavy atom. The first-order valence-electron chi connectivity index (χ1n) is 5.53. The number of rotatable bonds is 2. The first-order chi connectivity index (χ1) is 8.61. The zero-order valence-corrected chi connectivity index (χ0v) is 11.3. The minimum absolute atomic E-state index is 0.255. The van der Waals surface area contributed by atoms with Crippen LogP contribution in [0.25, 0.3) is 0 Å². The van der Waals surface area contributed by atoms with Crippen LogP contribution >= 0.6 is 11.3 Å². The Bertz CT molecular complexity index is 652. The summed E-state index contributed by atoms with van der Waals surface area (Å²) >= 11 is 1.53. The van der Waals surface area contributed by atoms with Gasteiger partial charge >= 0.3 is 0 Å². The first-order valence-corrected chi connectivity index (χ1v) is 6.41. The van der Waals surface area contributed by atoms with E-state index < -0.39 is 0 Å². The Morgan fingerprint density at radius 1 is 1.39 bits per heavy atom. The highest BCUT2D eigenvalue weighted by molar-refractivity contribution is 7.07. The summed E-state index contributed by atoms with van der Waals surface area (Å²) in [4.78, 5) is 4.98. The third kappa shape index (κ3) is 2.56. The molecule has 0 aliphatic heterocycles. The van der Waals surface area contributed by atoms with Crippen LogP contribution in [0.2, 0.25) is 0 Å². The summed E-state index contributed by atoms with van der Waals surface area (Å²) in [5.41, 5.74) is 2.54. The van der Waals surface area contributed by atoms with Crippen LogP contribution in [0.3, 0.4) is 0 Å². The molecule has 0 N–H and O–H groups in total. The van der Waals surface area contributed by atoms with E-state index in [1.54, 1.807) is 17.8 Å². The van der Waals surface area contributed by atoms with Crippen LogP contribution in [0.15, 0.2) is 39.7 Å². The number of nitrogens with zero attached hydrogens (tertiary/aromatic N) is 3. The minimum atomic E-state index is -0.255. The molecule has 0 saturated carbocycles. The summed E-state index contributed by atoms with van der Waals surface area (Å²) in [7, 11) is 1.73. The van der Waals surface area contributed by atoms with E-state index in [0.717, 1.165) is 21.8 Å². The van der Waals surface area contributed by atoms with E-state index in [4.69, 9.17) is 0 Å². The summed E-state index contributed by atoms with van der Waals surface area (Å²) < 4.78 is 14.9. The molecule has 1 heterocycles. The van der Waals surface area contributed by atoms with Gasteiger partial charge in [0.25, 0.3) is 0 Å². The molecule has 2 aromatic rings. The molecule has 0 aliphatic rings. The van der Waals surface area contributed by atoms with Crippen molar-refractivity contribution in [3.05, 3.63) is 51.5 Å². The second-order valence-electron chi connectivity index (χ2n) is 3.89. The SMILES string of the molecule is CN=c1scc(C)n1/N=C(\C)c1cccc(F)c1. The van der Waals surface area contributed by atoms with Crippen molar-refractivity contribution in [3.8, 4) is 0 Å². The highest BCUT2D eigenvalue weighted by Crippen LogP contribution is 2.07. The Kier molecular flexibility index (Phi) is 3.72. The standard InChI is InChI=1S/C13H14FN3S/c1-9-8-18-13(15-3)17(9)16-10(2)11-5-4-6-12(14)7-11/h4-8H,1-3H3/b15-13?,16-10+. The van der Waals surface area contributed by atoms with Crippen molar-refractivity contribution >= 4 is 17.0 Å². The molecule has 0 amide bonds. The van der Waals surface area contributed by atoms with Gasteiger partial charge in [-0.15, -0.1) is 11.3 Å². The van der Waals surface area contributed by atoms with Crippen LogP contribution in [0.5, 0.6) is 0 Å². The molecule has 3 nitrogen and oxygen atoms in total. The van der Waals surface area contributed by atoms with Crippen LogP contribution in [-0.4, -0.2) is 17.4 Å². The fraction of sp³-hybridized carbons (Fsp3) is 0.231. The van der Waals surface area contributed by atoms with Crippen molar-refractivity contribution in [1.29, 1.82) is 0 Å². The van der Waals surface area contributed by atoms with Gasteiger partial charge < -0.3 is 0 Å². The van der Waals surface area contributed by atoms with Crippen molar-refractivity contribution < 1.29 is 4.39 Å².